The van der Waals surface area contributed by atoms with Crippen molar-refractivity contribution in [2.75, 3.05) is 0 Å². The van der Waals surface area contributed by atoms with Gasteiger partial charge in [-0.1, -0.05) is 60.7 Å². The molecule has 0 bridgehead atoms. The lowest BCUT2D eigenvalue weighted by Gasteiger charge is -2.15. The molecule has 0 saturated heterocycles. The Morgan fingerprint density at radius 2 is 0.792 bits per heavy atom. The lowest BCUT2D eigenvalue weighted by atomic mass is 9.89. The molecule has 118 valence electrons. The van der Waals surface area contributed by atoms with Gasteiger partial charge in [-0.3, -0.25) is 0 Å². The van der Waals surface area contributed by atoms with Crippen LogP contribution in [-0.4, -0.2) is 0 Å². The molecule has 0 heteroatoms. The Bertz CT molecular complexity index is 978. The Kier molecular flexibility index (Phi) is 3.42. The van der Waals surface area contributed by atoms with Gasteiger partial charge in [-0.2, -0.15) is 0 Å². The molecule has 0 saturated carbocycles. The second kappa shape index (κ2) is 5.49. The monoisotopic (exact) mass is 310 g/mol. The number of hydrogen-bond donors (Lipinski definition) is 0. The number of rotatable bonds is 1. The third-order valence-corrected chi connectivity index (χ3v) is 5.20. The zero-order valence-electron chi connectivity index (χ0n) is 14.8. The molecule has 0 aliphatic heterocycles. The fourth-order valence-corrected chi connectivity index (χ4v) is 4.06. The molecule has 4 rings (SSSR count). The third-order valence-electron chi connectivity index (χ3n) is 5.20. The first-order valence-corrected chi connectivity index (χ1v) is 8.56. The van der Waals surface area contributed by atoms with Gasteiger partial charge in [0.05, 0.1) is 0 Å². The maximum absolute atomic E-state index is 2.28. The van der Waals surface area contributed by atoms with Crippen LogP contribution in [0.15, 0.2) is 60.7 Å². The van der Waals surface area contributed by atoms with E-state index in [0.717, 1.165) is 0 Å². The largest absolute Gasteiger partial charge is 0.0613 e. The van der Waals surface area contributed by atoms with Crippen LogP contribution in [0.2, 0.25) is 0 Å². The number of hydrogen-bond acceptors (Lipinski definition) is 0. The van der Waals surface area contributed by atoms with Gasteiger partial charge in [0.15, 0.2) is 0 Å². The maximum atomic E-state index is 2.28. The standard InChI is InChI=1S/C24H22/c1-15-7-5-9-21-19(13-11-17(3)23(15)21)20-14-12-18(4)24-16(2)8-6-10-22(20)24/h5-14H,1-4H3. The summed E-state index contributed by atoms with van der Waals surface area (Å²) in [5.41, 5.74) is 8.04. The summed E-state index contributed by atoms with van der Waals surface area (Å²) in [7, 11) is 0. The van der Waals surface area contributed by atoms with Crippen LogP contribution >= 0.6 is 0 Å². The van der Waals surface area contributed by atoms with E-state index in [4.69, 9.17) is 0 Å². The minimum absolute atomic E-state index is 1.33. The third kappa shape index (κ3) is 2.14. The van der Waals surface area contributed by atoms with Crippen molar-refractivity contribution in [3.05, 3.63) is 82.9 Å². The van der Waals surface area contributed by atoms with E-state index in [1.807, 2.05) is 0 Å². The summed E-state index contributed by atoms with van der Waals surface area (Å²) in [6.07, 6.45) is 0. The average Bonchev–Trinajstić information content (AvgIpc) is 2.56. The zero-order valence-corrected chi connectivity index (χ0v) is 14.8. The molecule has 0 fully saturated rings. The van der Waals surface area contributed by atoms with Crippen molar-refractivity contribution < 1.29 is 0 Å². The smallest absolute Gasteiger partial charge is 0.00989 e. The molecule has 0 unspecified atom stereocenters. The lowest BCUT2D eigenvalue weighted by Crippen LogP contribution is -1.90. The maximum Gasteiger partial charge on any atom is -0.00989 e. The molecule has 24 heavy (non-hydrogen) atoms. The zero-order chi connectivity index (χ0) is 16.8. The first-order valence-electron chi connectivity index (χ1n) is 8.56. The van der Waals surface area contributed by atoms with Gasteiger partial charge in [0.1, 0.15) is 0 Å². The van der Waals surface area contributed by atoms with Crippen LogP contribution in [0.3, 0.4) is 0 Å². The SMILES string of the molecule is Cc1cccc2c(-c3ccc(C)c4c(C)cccc34)ccc(C)c12. The number of fused-ring (bicyclic) bond motifs is 2. The van der Waals surface area contributed by atoms with Gasteiger partial charge in [0.25, 0.3) is 0 Å². The molecule has 0 N–H and O–H groups in total. The highest BCUT2D eigenvalue weighted by molar-refractivity contribution is 6.08. The van der Waals surface area contributed by atoms with E-state index < -0.39 is 0 Å². The summed E-state index contributed by atoms with van der Waals surface area (Å²) in [5, 5.41) is 5.47. The first kappa shape index (κ1) is 15.0. The molecular weight excluding hydrogens is 288 g/mol. The van der Waals surface area contributed by atoms with Crippen LogP contribution in [0.25, 0.3) is 32.7 Å². The Hall–Kier alpha value is -2.60. The van der Waals surface area contributed by atoms with Crippen molar-refractivity contribution in [3.63, 3.8) is 0 Å². The molecule has 0 radical (unpaired) electrons. The van der Waals surface area contributed by atoms with Crippen molar-refractivity contribution in [2.24, 2.45) is 0 Å². The first-order chi connectivity index (χ1) is 11.6. The number of aryl methyl sites for hydroxylation is 4. The fourth-order valence-electron chi connectivity index (χ4n) is 4.06. The molecule has 0 aromatic heterocycles. The Morgan fingerprint density at radius 1 is 0.417 bits per heavy atom. The summed E-state index contributed by atoms with van der Waals surface area (Å²) >= 11 is 0. The molecule has 0 heterocycles. The van der Waals surface area contributed by atoms with Crippen molar-refractivity contribution in [3.8, 4) is 11.1 Å². The molecule has 4 aromatic carbocycles. The van der Waals surface area contributed by atoms with Crippen LogP contribution in [0.1, 0.15) is 22.3 Å². The van der Waals surface area contributed by atoms with E-state index >= 15 is 0 Å². The van der Waals surface area contributed by atoms with Crippen molar-refractivity contribution in [1.82, 2.24) is 0 Å². The summed E-state index contributed by atoms with van der Waals surface area (Å²) in [4.78, 5) is 0. The summed E-state index contributed by atoms with van der Waals surface area (Å²) in [6.45, 7) is 8.82. The van der Waals surface area contributed by atoms with Crippen molar-refractivity contribution >= 4 is 21.5 Å². The fraction of sp³-hybridized carbons (Fsp3) is 0.167. The van der Waals surface area contributed by atoms with Crippen LogP contribution < -0.4 is 0 Å². The molecule has 0 spiro atoms. The van der Waals surface area contributed by atoms with Crippen LogP contribution in [-0.2, 0) is 0 Å². The molecule has 0 aliphatic rings. The minimum atomic E-state index is 1.33. The summed E-state index contributed by atoms with van der Waals surface area (Å²) < 4.78 is 0. The lowest BCUT2D eigenvalue weighted by molar-refractivity contribution is 1.45. The van der Waals surface area contributed by atoms with E-state index in [-0.39, 0.29) is 0 Å². The van der Waals surface area contributed by atoms with Gasteiger partial charge in [0.2, 0.25) is 0 Å². The van der Waals surface area contributed by atoms with Crippen LogP contribution in [0, 0.1) is 27.7 Å². The summed E-state index contributed by atoms with van der Waals surface area (Å²) in [5.74, 6) is 0. The van der Waals surface area contributed by atoms with Crippen molar-refractivity contribution in [2.45, 2.75) is 27.7 Å². The minimum Gasteiger partial charge on any atom is -0.0613 e. The van der Waals surface area contributed by atoms with Gasteiger partial charge in [-0.25, -0.2) is 0 Å². The van der Waals surface area contributed by atoms with Gasteiger partial charge >= 0.3 is 0 Å². The highest BCUT2D eigenvalue weighted by atomic mass is 14.2. The van der Waals surface area contributed by atoms with Crippen molar-refractivity contribution in [1.29, 1.82) is 0 Å². The van der Waals surface area contributed by atoms with Gasteiger partial charge in [-0.15, -0.1) is 0 Å². The van der Waals surface area contributed by atoms with E-state index in [9.17, 15) is 0 Å². The van der Waals surface area contributed by atoms with Crippen LogP contribution in [0.5, 0.6) is 0 Å². The highest BCUT2D eigenvalue weighted by Gasteiger charge is 2.12. The predicted molar refractivity (Wildman–Crippen MR) is 106 cm³/mol. The highest BCUT2D eigenvalue weighted by Crippen LogP contribution is 2.37. The van der Waals surface area contributed by atoms with E-state index in [0.29, 0.717) is 0 Å². The normalized spacial score (nSPS) is 11.3. The average molecular weight is 310 g/mol. The van der Waals surface area contributed by atoms with E-state index in [1.165, 1.54) is 54.9 Å². The van der Waals surface area contributed by atoms with Gasteiger partial charge in [-0.05, 0) is 82.6 Å². The predicted octanol–water partition coefficient (Wildman–Crippen LogP) is 6.89. The Morgan fingerprint density at radius 3 is 1.21 bits per heavy atom. The topological polar surface area (TPSA) is 0 Å². The second-order valence-corrected chi connectivity index (χ2v) is 6.85. The quantitative estimate of drug-likeness (QED) is 0.359. The van der Waals surface area contributed by atoms with E-state index in [1.54, 1.807) is 0 Å². The molecular formula is C24H22. The Balaban J connectivity index is 2.16. The molecule has 0 nitrogen and oxygen atoms in total. The molecule has 0 atom stereocenters. The number of benzene rings is 4. The summed E-state index contributed by atoms with van der Waals surface area (Å²) in [6, 6.07) is 22.3. The molecule has 4 aromatic rings. The Labute approximate surface area is 143 Å². The van der Waals surface area contributed by atoms with E-state index in [2.05, 4.69) is 88.4 Å². The van der Waals surface area contributed by atoms with Crippen LogP contribution in [0.4, 0.5) is 0 Å². The molecule has 0 aliphatic carbocycles. The second-order valence-electron chi connectivity index (χ2n) is 6.85. The molecule has 0 amide bonds. The van der Waals surface area contributed by atoms with Gasteiger partial charge < -0.3 is 0 Å². The van der Waals surface area contributed by atoms with Gasteiger partial charge in [0, 0.05) is 0 Å².